The fraction of sp³-hybridized carbons (Fsp3) is 0.417. The Morgan fingerprint density at radius 3 is 2.50 bits per heavy atom. The van der Waals surface area contributed by atoms with E-state index in [0.29, 0.717) is 19.2 Å². The summed E-state index contributed by atoms with van der Waals surface area (Å²) in [6, 6.07) is 1.87. The third-order valence-corrected chi connectivity index (χ3v) is 2.57. The van der Waals surface area contributed by atoms with Crippen LogP contribution in [0.5, 0.6) is 0 Å². The molecule has 0 spiro atoms. The first-order valence-corrected chi connectivity index (χ1v) is 6.27. The molecule has 0 saturated heterocycles. The van der Waals surface area contributed by atoms with Gasteiger partial charge in [0.25, 0.3) is 5.91 Å². The van der Waals surface area contributed by atoms with Crippen LogP contribution in [0.15, 0.2) is 18.3 Å². The van der Waals surface area contributed by atoms with E-state index in [-0.39, 0.29) is 17.2 Å². The van der Waals surface area contributed by atoms with E-state index in [4.69, 9.17) is 18.0 Å². The van der Waals surface area contributed by atoms with E-state index in [9.17, 15) is 18.0 Å². The first kappa shape index (κ1) is 16.4. The zero-order valence-electron chi connectivity index (χ0n) is 10.8. The number of rotatable bonds is 5. The Morgan fingerprint density at radius 1 is 1.45 bits per heavy atom. The largest absolute Gasteiger partial charge is 0.417 e. The summed E-state index contributed by atoms with van der Waals surface area (Å²) in [5.41, 5.74) is 4.42. The van der Waals surface area contributed by atoms with E-state index < -0.39 is 17.6 Å². The van der Waals surface area contributed by atoms with E-state index in [2.05, 4.69) is 4.98 Å². The number of carbonyl (C=O) groups is 1. The fourth-order valence-corrected chi connectivity index (χ4v) is 1.72. The first-order valence-electron chi connectivity index (χ1n) is 5.86. The molecule has 1 heterocycles. The number of pyridine rings is 1. The van der Waals surface area contributed by atoms with E-state index in [1.54, 1.807) is 0 Å². The highest BCUT2D eigenvalue weighted by Gasteiger charge is 2.31. The fourth-order valence-electron chi connectivity index (χ4n) is 1.56. The van der Waals surface area contributed by atoms with Crippen molar-refractivity contribution >= 4 is 23.1 Å². The Morgan fingerprint density at radius 2 is 2.10 bits per heavy atom. The average Bonchev–Trinajstić information content (AvgIpc) is 2.36. The standard InChI is InChI=1S/C12H14F3N3OS/c1-2-5-18(7-10(16)20)11(19)9-4-3-8(6-17-9)12(13,14)15/h3-4,6H,2,5,7H2,1H3,(H2,16,20). The highest BCUT2D eigenvalue weighted by molar-refractivity contribution is 7.80. The number of carbonyl (C=O) groups excluding carboxylic acids is 1. The third-order valence-electron chi connectivity index (χ3n) is 2.44. The molecule has 1 rings (SSSR count). The summed E-state index contributed by atoms with van der Waals surface area (Å²) in [6.07, 6.45) is -3.16. The highest BCUT2D eigenvalue weighted by Crippen LogP contribution is 2.28. The molecule has 0 unspecified atom stereocenters. The smallest absolute Gasteiger partial charge is 0.392 e. The van der Waals surface area contributed by atoms with Crippen molar-refractivity contribution in [3.63, 3.8) is 0 Å². The van der Waals surface area contributed by atoms with Gasteiger partial charge in [-0.15, -0.1) is 0 Å². The molecule has 110 valence electrons. The van der Waals surface area contributed by atoms with Gasteiger partial charge in [0.05, 0.1) is 17.1 Å². The molecule has 0 radical (unpaired) electrons. The molecule has 0 saturated carbocycles. The van der Waals surface area contributed by atoms with Crippen molar-refractivity contribution in [2.24, 2.45) is 5.73 Å². The van der Waals surface area contributed by atoms with Crippen LogP contribution in [0.25, 0.3) is 0 Å². The van der Waals surface area contributed by atoms with Gasteiger partial charge in [-0.3, -0.25) is 9.78 Å². The zero-order chi connectivity index (χ0) is 15.3. The quantitative estimate of drug-likeness (QED) is 0.848. The van der Waals surface area contributed by atoms with Crippen LogP contribution in [0.4, 0.5) is 13.2 Å². The molecule has 1 aromatic heterocycles. The van der Waals surface area contributed by atoms with Crippen LogP contribution in [0, 0.1) is 0 Å². The number of thiocarbonyl (C=S) groups is 1. The summed E-state index contributed by atoms with van der Waals surface area (Å²) in [5, 5.41) is 0. The van der Waals surface area contributed by atoms with Crippen LogP contribution in [0.2, 0.25) is 0 Å². The number of alkyl halides is 3. The van der Waals surface area contributed by atoms with Gasteiger partial charge in [-0.2, -0.15) is 13.2 Å². The molecule has 0 aliphatic rings. The number of nitrogens with two attached hydrogens (primary N) is 1. The first-order chi connectivity index (χ1) is 9.25. The average molecular weight is 305 g/mol. The van der Waals surface area contributed by atoms with E-state index in [0.717, 1.165) is 12.1 Å². The van der Waals surface area contributed by atoms with Crippen LogP contribution in [0.1, 0.15) is 29.4 Å². The van der Waals surface area contributed by atoms with E-state index >= 15 is 0 Å². The van der Waals surface area contributed by atoms with Gasteiger partial charge >= 0.3 is 6.18 Å². The van der Waals surface area contributed by atoms with Crippen molar-refractivity contribution in [3.05, 3.63) is 29.6 Å². The highest BCUT2D eigenvalue weighted by atomic mass is 32.1. The minimum absolute atomic E-state index is 0.0669. The molecule has 0 atom stereocenters. The second-order valence-corrected chi connectivity index (χ2v) is 4.65. The lowest BCUT2D eigenvalue weighted by molar-refractivity contribution is -0.137. The summed E-state index contributed by atoms with van der Waals surface area (Å²) in [7, 11) is 0. The normalized spacial score (nSPS) is 11.2. The Labute approximate surface area is 119 Å². The van der Waals surface area contributed by atoms with Gasteiger partial charge < -0.3 is 10.6 Å². The molecule has 0 aliphatic carbocycles. The Bertz CT molecular complexity index is 488. The number of nitrogens with zero attached hydrogens (tertiary/aromatic N) is 2. The molecule has 1 aromatic rings. The van der Waals surface area contributed by atoms with Gasteiger partial charge in [-0.05, 0) is 18.6 Å². The molecule has 0 aliphatic heterocycles. The topological polar surface area (TPSA) is 59.2 Å². The van der Waals surface area contributed by atoms with Gasteiger partial charge in [0.1, 0.15) is 5.69 Å². The molecule has 2 N–H and O–H groups in total. The maximum Gasteiger partial charge on any atom is 0.417 e. The molecule has 0 bridgehead atoms. The van der Waals surface area contributed by atoms with Crippen LogP contribution in [0.3, 0.4) is 0 Å². The van der Waals surface area contributed by atoms with Crippen LogP contribution in [-0.2, 0) is 6.18 Å². The molecule has 4 nitrogen and oxygen atoms in total. The van der Waals surface area contributed by atoms with Gasteiger partial charge in [0, 0.05) is 12.7 Å². The van der Waals surface area contributed by atoms with Gasteiger partial charge in [0.15, 0.2) is 0 Å². The van der Waals surface area contributed by atoms with Gasteiger partial charge in [0.2, 0.25) is 0 Å². The molecular weight excluding hydrogens is 291 g/mol. The second kappa shape index (κ2) is 6.65. The minimum atomic E-state index is -4.48. The Kier molecular flexibility index (Phi) is 5.43. The number of halogens is 3. The van der Waals surface area contributed by atoms with Crippen LogP contribution in [-0.4, -0.2) is 33.9 Å². The zero-order valence-corrected chi connectivity index (χ0v) is 11.6. The Balaban J connectivity index is 2.92. The lowest BCUT2D eigenvalue weighted by Crippen LogP contribution is -2.38. The predicted molar refractivity (Wildman–Crippen MR) is 72.2 cm³/mol. The summed E-state index contributed by atoms with van der Waals surface area (Å²) in [6.45, 7) is 2.34. The third kappa shape index (κ3) is 4.44. The molecular formula is C12H14F3N3OS. The number of aromatic nitrogens is 1. The number of hydrogen-bond acceptors (Lipinski definition) is 3. The summed E-state index contributed by atoms with van der Waals surface area (Å²) in [5.74, 6) is -0.492. The van der Waals surface area contributed by atoms with Crippen molar-refractivity contribution in [1.82, 2.24) is 9.88 Å². The maximum absolute atomic E-state index is 12.4. The summed E-state index contributed by atoms with van der Waals surface area (Å²) < 4.78 is 37.2. The minimum Gasteiger partial charge on any atom is -0.392 e. The molecule has 1 amide bonds. The monoisotopic (exact) mass is 305 g/mol. The molecule has 20 heavy (non-hydrogen) atoms. The van der Waals surface area contributed by atoms with Crippen LogP contribution >= 0.6 is 12.2 Å². The van der Waals surface area contributed by atoms with Crippen molar-refractivity contribution in [2.45, 2.75) is 19.5 Å². The van der Waals surface area contributed by atoms with E-state index in [1.807, 2.05) is 6.92 Å². The molecule has 0 aromatic carbocycles. The lowest BCUT2D eigenvalue weighted by Gasteiger charge is -2.21. The molecule has 0 fully saturated rings. The van der Waals surface area contributed by atoms with Crippen molar-refractivity contribution in [2.75, 3.05) is 13.1 Å². The number of amides is 1. The number of hydrogen-bond donors (Lipinski definition) is 1. The summed E-state index contributed by atoms with van der Waals surface area (Å²) in [4.78, 5) is 17.2. The maximum atomic E-state index is 12.4. The Hall–Kier alpha value is -1.70. The lowest BCUT2D eigenvalue weighted by atomic mass is 10.2. The van der Waals surface area contributed by atoms with Crippen molar-refractivity contribution in [1.29, 1.82) is 0 Å². The van der Waals surface area contributed by atoms with Gasteiger partial charge in [-0.25, -0.2) is 0 Å². The van der Waals surface area contributed by atoms with Crippen LogP contribution < -0.4 is 5.73 Å². The van der Waals surface area contributed by atoms with Gasteiger partial charge in [-0.1, -0.05) is 19.1 Å². The van der Waals surface area contributed by atoms with Crippen molar-refractivity contribution < 1.29 is 18.0 Å². The molecule has 8 heteroatoms. The van der Waals surface area contributed by atoms with Crippen molar-refractivity contribution in [3.8, 4) is 0 Å². The second-order valence-electron chi connectivity index (χ2n) is 4.12. The summed E-state index contributed by atoms with van der Waals surface area (Å²) >= 11 is 4.74. The predicted octanol–water partition coefficient (Wildman–Crippen LogP) is 2.24. The SMILES string of the molecule is CCCN(CC(N)=S)C(=O)c1ccc(C(F)(F)F)cn1. The van der Waals surface area contributed by atoms with E-state index in [1.165, 1.54) is 4.90 Å².